The van der Waals surface area contributed by atoms with E-state index in [1.165, 1.54) is 0 Å². The van der Waals surface area contributed by atoms with E-state index >= 15 is 0 Å². The van der Waals surface area contributed by atoms with E-state index in [2.05, 4.69) is 5.32 Å². The van der Waals surface area contributed by atoms with Crippen LogP contribution in [0.25, 0.3) is 11.3 Å². The third-order valence-corrected chi connectivity index (χ3v) is 6.38. The zero-order valence-electron chi connectivity index (χ0n) is 20.2. The summed E-state index contributed by atoms with van der Waals surface area (Å²) in [5, 5.41) is 3.42. The van der Waals surface area contributed by atoms with Gasteiger partial charge in [0.2, 0.25) is 0 Å². The molecule has 0 bridgehead atoms. The molecule has 0 saturated heterocycles. The third-order valence-electron chi connectivity index (χ3n) is 6.13. The van der Waals surface area contributed by atoms with Gasteiger partial charge in [0.05, 0.1) is 7.11 Å². The van der Waals surface area contributed by atoms with Gasteiger partial charge in [0, 0.05) is 46.9 Å². The fraction of sp³-hybridized carbons (Fsp3) is 0.172. The molecule has 0 aliphatic carbocycles. The highest BCUT2D eigenvalue weighted by atomic mass is 35.5. The first-order chi connectivity index (χ1) is 18.0. The Kier molecular flexibility index (Phi) is 7.14. The number of rotatable bonds is 7. The molecule has 7 nitrogen and oxygen atoms in total. The van der Waals surface area contributed by atoms with Crippen LogP contribution in [0, 0.1) is 0 Å². The quantitative estimate of drug-likeness (QED) is 0.334. The second-order valence-electron chi connectivity index (χ2n) is 8.63. The summed E-state index contributed by atoms with van der Waals surface area (Å²) in [6.07, 6.45) is 0.652. The standard InChI is InChI=1S/C29H25ClN2O5/c1-35-24-10-4-20(5-11-24)29(34)32-15-14-26-21(17-32)16-27(37-26)19-2-8-23(9-3-19)31-28(33)18-36-25-12-6-22(30)7-13-25/h2-13,16H,14-15,17-18H2,1H3,(H,31,33). The number of halogens is 1. The van der Waals surface area contributed by atoms with Crippen molar-refractivity contribution < 1.29 is 23.5 Å². The Bertz CT molecular complexity index is 1400. The maximum Gasteiger partial charge on any atom is 0.262 e. The normalized spacial score (nSPS) is 12.5. The van der Waals surface area contributed by atoms with Crippen molar-refractivity contribution in [2.75, 3.05) is 25.6 Å². The number of nitrogens with zero attached hydrogens (tertiary/aromatic N) is 1. The van der Waals surface area contributed by atoms with Gasteiger partial charge in [-0.1, -0.05) is 11.6 Å². The van der Waals surface area contributed by atoms with E-state index in [4.69, 9.17) is 25.5 Å². The van der Waals surface area contributed by atoms with Gasteiger partial charge in [0.25, 0.3) is 11.8 Å². The van der Waals surface area contributed by atoms with Crippen molar-refractivity contribution in [1.82, 2.24) is 4.90 Å². The lowest BCUT2D eigenvalue weighted by Gasteiger charge is -2.26. The minimum Gasteiger partial charge on any atom is -0.497 e. The number of fused-ring (bicyclic) bond motifs is 1. The highest BCUT2D eigenvalue weighted by molar-refractivity contribution is 6.30. The first-order valence-corrected chi connectivity index (χ1v) is 12.2. The lowest BCUT2D eigenvalue weighted by Crippen LogP contribution is -2.35. The van der Waals surface area contributed by atoms with E-state index in [1.54, 1.807) is 55.6 Å². The molecule has 1 N–H and O–H groups in total. The number of anilines is 1. The molecule has 188 valence electrons. The Hall–Kier alpha value is -4.23. The van der Waals surface area contributed by atoms with Crippen LogP contribution >= 0.6 is 11.6 Å². The van der Waals surface area contributed by atoms with Gasteiger partial charge >= 0.3 is 0 Å². The first kappa shape index (κ1) is 24.5. The molecule has 2 amide bonds. The molecule has 5 rings (SSSR count). The van der Waals surface area contributed by atoms with Gasteiger partial charge in [0.15, 0.2) is 6.61 Å². The van der Waals surface area contributed by atoms with Crippen molar-refractivity contribution in [2.45, 2.75) is 13.0 Å². The maximum atomic E-state index is 13.0. The average Bonchev–Trinajstić information content (AvgIpc) is 3.36. The number of nitrogens with one attached hydrogen (secondary N) is 1. The number of carbonyl (C=O) groups excluding carboxylic acids is 2. The number of hydrogen-bond donors (Lipinski definition) is 1. The summed E-state index contributed by atoms with van der Waals surface area (Å²) in [5.41, 5.74) is 3.17. The van der Waals surface area contributed by atoms with E-state index in [0.717, 1.165) is 22.6 Å². The smallest absolute Gasteiger partial charge is 0.262 e. The van der Waals surface area contributed by atoms with Crippen molar-refractivity contribution in [3.8, 4) is 22.8 Å². The molecule has 37 heavy (non-hydrogen) atoms. The number of ether oxygens (including phenoxy) is 2. The molecule has 0 spiro atoms. The van der Waals surface area contributed by atoms with Crippen LogP contribution in [0.3, 0.4) is 0 Å². The van der Waals surface area contributed by atoms with E-state index in [-0.39, 0.29) is 18.4 Å². The number of benzene rings is 3. The summed E-state index contributed by atoms with van der Waals surface area (Å²) in [6.45, 7) is 0.972. The van der Waals surface area contributed by atoms with Gasteiger partial charge in [0.1, 0.15) is 23.0 Å². The number of furan rings is 1. The second-order valence-corrected chi connectivity index (χ2v) is 9.07. The Morgan fingerprint density at radius 3 is 2.38 bits per heavy atom. The Balaban J connectivity index is 1.19. The molecule has 0 saturated carbocycles. The van der Waals surface area contributed by atoms with Crippen LogP contribution in [0.5, 0.6) is 11.5 Å². The van der Waals surface area contributed by atoms with E-state index in [1.807, 2.05) is 35.2 Å². The monoisotopic (exact) mass is 516 g/mol. The minimum absolute atomic E-state index is 0.0174. The molecule has 8 heteroatoms. The Morgan fingerprint density at radius 1 is 0.973 bits per heavy atom. The van der Waals surface area contributed by atoms with Crippen LogP contribution in [0.2, 0.25) is 5.02 Å². The highest BCUT2D eigenvalue weighted by Crippen LogP contribution is 2.31. The number of hydrogen-bond acceptors (Lipinski definition) is 5. The summed E-state index contributed by atoms with van der Waals surface area (Å²) in [4.78, 5) is 27.0. The Labute approximate surface area is 219 Å². The molecule has 1 aliphatic heterocycles. The van der Waals surface area contributed by atoms with Gasteiger partial charge in [-0.25, -0.2) is 0 Å². The van der Waals surface area contributed by atoms with Gasteiger partial charge in [-0.3, -0.25) is 9.59 Å². The summed E-state index contributed by atoms with van der Waals surface area (Å²) >= 11 is 5.86. The second kappa shape index (κ2) is 10.8. The summed E-state index contributed by atoms with van der Waals surface area (Å²) in [6, 6.07) is 23.4. The van der Waals surface area contributed by atoms with E-state index < -0.39 is 0 Å². The molecule has 4 aromatic rings. The fourth-order valence-electron chi connectivity index (χ4n) is 4.16. The molecule has 0 fully saturated rings. The minimum atomic E-state index is -0.266. The van der Waals surface area contributed by atoms with Crippen LogP contribution in [-0.2, 0) is 17.8 Å². The largest absolute Gasteiger partial charge is 0.497 e. The van der Waals surface area contributed by atoms with E-state index in [9.17, 15) is 9.59 Å². The van der Waals surface area contributed by atoms with Gasteiger partial charge in [-0.15, -0.1) is 0 Å². The molecule has 0 unspecified atom stereocenters. The van der Waals surface area contributed by atoms with Gasteiger partial charge < -0.3 is 24.1 Å². The molecular weight excluding hydrogens is 492 g/mol. The van der Waals surface area contributed by atoms with Crippen LogP contribution in [0.4, 0.5) is 5.69 Å². The molecule has 2 heterocycles. The van der Waals surface area contributed by atoms with Crippen LogP contribution in [0.1, 0.15) is 21.7 Å². The first-order valence-electron chi connectivity index (χ1n) is 11.8. The molecule has 1 aliphatic rings. The van der Waals surface area contributed by atoms with E-state index in [0.29, 0.717) is 47.3 Å². The summed E-state index contributed by atoms with van der Waals surface area (Å²) in [5.74, 6) is 2.63. The predicted molar refractivity (Wildman–Crippen MR) is 141 cm³/mol. The average molecular weight is 517 g/mol. The maximum absolute atomic E-state index is 13.0. The topological polar surface area (TPSA) is 81.0 Å². The molecule has 0 atom stereocenters. The third kappa shape index (κ3) is 5.78. The molecule has 3 aromatic carbocycles. The van der Waals surface area contributed by atoms with Crippen LogP contribution in [0.15, 0.2) is 83.3 Å². The SMILES string of the molecule is COc1ccc(C(=O)N2CCc3oc(-c4ccc(NC(=O)COc5ccc(Cl)cc5)cc4)cc3C2)cc1. The zero-order valence-corrected chi connectivity index (χ0v) is 21.0. The number of methoxy groups -OCH3 is 1. The number of carbonyl (C=O) groups is 2. The summed E-state index contributed by atoms with van der Waals surface area (Å²) < 4.78 is 16.8. The van der Waals surface area contributed by atoms with Crippen molar-refractivity contribution in [1.29, 1.82) is 0 Å². The van der Waals surface area contributed by atoms with Crippen LogP contribution in [-0.4, -0.2) is 37.0 Å². The molecule has 1 aromatic heterocycles. The van der Waals surface area contributed by atoms with Crippen molar-refractivity contribution in [2.24, 2.45) is 0 Å². The number of amides is 2. The fourth-order valence-corrected chi connectivity index (χ4v) is 4.29. The van der Waals surface area contributed by atoms with Gasteiger partial charge in [-0.05, 0) is 78.9 Å². The predicted octanol–water partition coefficient (Wildman–Crippen LogP) is 5.82. The lowest BCUT2D eigenvalue weighted by atomic mass is 10.1. The van der Waals surface area contributed by atoms with Gasteiger partial charge in [-0.2, -0.15) is 0 Å². The zero-order chi connectivity index (χ0) is 25.8. The lowest BCUT2D eigenvalue weighted by molar-refractivity contribution is -0.118. The molecular formula is C29H25ClN2O5. The van der Waals surface area contributed by atoms with Crippen molar-refractivity contribution in [3.63, 3.8) is 0 Å². The Morgan fingerprint density at radius 2 is 1.68 bits per heavy atom. The highest BCUT2D eigenvalue weighted by Gasteiger charge is 2.25. The van der Waals surface area contributed by atoms with Crippen molar-refractivity contribution in [3.05, 3.63) is 101 Å². The summed E-state index contributed by atoms with van der Waals surface area (Å²) in [7, 11) is 1.60. The van der Waals surface area contributed by atoms with Crippen LogP contribution < -0.4 is 14.8 Å². The molecule has 0 radical (unpaired) electrons. The van der Waals surface area contributed by atoms with Crippen molar-refractivity contribution >= 4 is 29.1 Å².